The molecule has 2 N–H and O–H groups in total. The molecule has 1 fully saturated rings. The van der Waals surface area contributed by atoms with Gasteiger partial charge < -0.3 is 15.1 Å². The highest BCUT2D eigenvalue weighted by Crippen LogP contribution is 2.38. The van der Waals surface area contributed by atoms with Crippen molar-refractivity contribution in [3.05, 3.63) is 45.7 Å². The van der Waals surface area contributed by atoms with Crippen LogP contribution in [0.4, 0.5) is 17.5 Å². The van der Waals surface area contributed by atoms with E-state index in [4.69, 9.17) is 0 Å². The SMILES string of the molecule is CN(C)c1ccc([C@H]2c3c(nc(N4CCCCC4)[nH]c3=O)NC(=O)[C@H]2C#N)cc1. The normalized spacial score (nSPS) is 21.1. The zero-order valence-electron chi connectivity index (χ0n) is 16.6. The molecule has 0 spiro atoms. The molecule has 3 heterocycles. The summed E-state index contributed by atoms with van der Waals surface area (Å²) < 4.78 is 0. The Morgan fingerprint density at radius 1 is 1.14 bits per heavy atom. The lowest BCUT2D eigenvalue weighted by Gasteiger charge is -2.31. The van der Waals surface area contributed by atoms with Crippen molar-refractivity contribution in [3.8, 4) is 6.07 Å². The van der Waals surface area contributed by atoms with Gasteiger partial charge in [-0.3, -0.25) is 14.6 Å². The molecule has 1 saturated heterocycles. The Morgan fingerprint density at radius 2 is 1.83 bits per heavy atom. The number of carbonyl (C=O) groups excluding carboxylic acids is 1. The number of aromatic nitrogens is 2. The molecule has 0 saturated carbocycles. The number of fused-ring (bicyclic) bond motifs is 1. The van der Waals surface area contributed by atoms with Crippen molar-refractivity contribution in [1.29, 1.82) is 5.26 Å². The van der Waals surface area contributed by atoms with Gasteiger partial charge in [0.2, 0.25) is 11.9 Å². The topological polar surface area (TPSA) is 105 Å². The zero-order chi connectivity index (χ0) is 20.5. The maximum Gasteiger partial charge on any atom is 0.258 e. The Labute approximate surface area is 169 Å². The van der Waals surface area contributed by atoms with Crippen molar-refractivity contribution in [1.82, 2.24) is 9.97 Å². The minimum atomic E-state index is -0.989. The van der Waals surface area contributed by atoms with Crippen LogP contribution in [0.1, 0.15) is 36.3 Å². The number of nitrogens with one attached hydrogen (secondary N) is 2. The molecule has 4 rings (SSSR count). The van der Waals surface area contributed by atoms with E-state index in [1.54, 1.807) is 0 Å². The first-order valence-corrected chi connectivity index (χ1v) is 9.86. The molecule has 0 bridgehead atoms. The molecule has 2 aliphatic rings. The van der Waals surface area contributed by atoms with E-state index in [2.05, 4.69) is 21.4 Å². The number of nitriles is 1. The summed E-state index contributed by atoms with van der Waals surface area (Å²) in [6.07, 6.45) is 3.26. The number of hydrogen-bond donors (Lipinski definition) is 2. The minimum Gasteiger partial charge on any atom is -0.378 e. The summed E-state index contributed by atoms with van der Waals surface area (Å²) in [5.41, 5.74) is 1.78. The van der Waals surface area contributed by atoms with E-state index in [9.17, 15) is 14.9 Å². The second kappa shape index (κ2) is 7.59. The number of carbonyl (C=O) groups is 1. The summed E-state index contributed by atoms with van der Waals surface area (Å²) in [6, 6.07) is 9.64. The number of H-pyrrole nitrogens is 1. The van der Waals surface area contributed by atoms with E-state index < -0.39 is 17.7 Å². The maximum absolute atomic E-state index is 13.1. The van der Waals surface area contributed by atoms with Crippen molar-refractivity contribution >= 4 is 23.4 Å². The molecule has 0 unspecified atom stereocenters. The average molecular weight is 392 g/mol. The van der Waals surface area contributed by atoms with Gasteiger partial charge in [0.1, 0.15) is 11.7 Å². The highest BCUT2D eigenvalue weighted by atomic mass is 16.2. The Hall–Kier alpha value is -3.34. The van der Waals surface area contributed by atoms with Gasteiger partial charge in [0.05, 0.1) is 11.6 Å². The molecule has 0 radical (unpaired) electrons. The third-order valence-corrected chi connectivity index (χ3v) is 5.67. The number of rotatable bonds is 3. The summed E-state index contributed by atoms with van der Waals surface area (Å²) in [4.78, 5) is 37.1. The smallest absolute Gasteiger partial charge is 0.258 e. The van der Waals surface area contributed by atoms with Gasteiger partial charge in [0.15, 0.2) is 0 Å². The molecule has 8 nitrogen and oxygen atoms in total. The van der Waals surface area contributed by atoms with Gasteiger partial charge in [-0.1, -0.05) is 12.1 Å². The second-order valence-corrected chi connectivity index (χ2v) is 7.76. The number of anilines is 3. The molecular weight excluding hydrogens is 368 g/mol. The fourth-order valence-corrected chi connectivity index (χ4v) is 4.09. The standard InChI is InChI=1S/C21H24N6O2/c1-26(2)14-8-6-13(7-9-14)16-15(12-22)19(28)23-18-17(16)20(29)25-21(24-18)27-10-4-3-5-11-27/h6-9,15-16H,3-5,10-11H2,1-2H3,(H2,23,24,25,28,29)/t15-,16+/m0/s1. The van der Waals surface area contributed by atoms with E-state index in [0.717, 1.165) is 43.6 Å². The molecule has 2 aliphatic heterocycles. The van der Waals surface area contributed by atoms with E-state index in [1.165, 1.54) is 0 Å². The van der Waals surface area contributed by atoms with Crippen LogP contribution >= 0.6 is 0 Å². The Kier molecular flexibility index (Phi) is 4.97. The number of nitrogens with zero attached hydrogens (tertiary/aromatic N) is 4. The van der Waals surface area contributed by atoms with Gasteiger partial charge in [-0.15, -0.1) is 0 Å². The minimum absolute atomic E-state index is 0.257. The highest BCUT2D eigenvalue weighted by molar-refractivity contribution is 5.98. The Balaban J connectivity index is 1.80. The van der Waals surface area contributed by atoms with E-state index in [0.29, 0.717) is 11.5 Å². The van der Waals surface area contributed by atoms with Crippen LogP contribution in [0, 0.1) is 17.2 Å². The van der Waals surface area contributed by atoms with Gasteiger partial charge >= 0.3 is 0 Å². The first-order chi connectivity index (χ1) is 14.0. The number of piperidine rings is 1. The van der Waals surface area contributed by atoms with Crippen molar-refractivity contribution in [3.63, 3.8) is 0 Å². The Morgan fingerprint density at radius 3 is 2.45 bits per heavy atom. The number of amides is 1. The summed E-state index contributed by atoms with van der Waals surface area (Å²) in [6.45, 7) is 1.65. The predicted octanol–water partition coefficient (Wildman–Crippen LogP) is 2.05. The summed E-state index contributed by atoms with van der Waals surface area (Å²) >= 11 is 0. The van der Waals surface area contributed by atoms with Gasteiger partial charge in [-0.25, -0.2) is 0 Å². The van der Waals surface area contributed by atoms with Crippen LogP contribution in [-0.4, -0.2) is 43.1 Å². The van der Waals surface area contributed by atoms with Crippen LogP contribution in [0.3, 0.4) is 0 Å². The van der Waals surface area contributed by atoms with Crippen molar-refractivity contribution < 1.29 is 4.79 Å². The molecule has 1 aromatic carbocycles. The van der Waals surface area contributed by atoms with Gasteiger partial charge in [-0.05, 0) is 37.0 Å². The number of aromatic amines is 1. The fourth-order valence-electron chi connectivity index (χ4n) is 4.09. The lowest BCUT2D eigenvalue weighted by Crippen LogP contribution is -2.40. The first kappa shape index (κ1) is 19.0. The van der Waals surface area contributed by atoms with Crippen LogP contribution in [-0.2, 0) is 4.79 Å². The quantitative estimate of drug-likeness (QED) is 0.828. The van der Waals surface area contributed by atoms with E-state index in [1.807, 2.05) is 48.2 Å². The van der Waals surface area contributed by atoms with Crippen molar-refractivity contribution in [2.75, 3.05) is 42.3 Å². The lowest BCUT2D eigenvalue weighted by molar-refractivity contribution is -0.119. The summed E-state index contributed by atoms with van der Waals surface area (Å²) in [5, 5.41) is 12.3. The first-order valence-electron chi connectivity index (χ1n) is 9.86. The van der Waals surface area contributed by atoms with Crippen LogP contribution < -0.4 is 20.7 Å². The van der Waals surface area contributed by atoms with Crippen molar-refractivity contribution in [2.24, 2.45) is 5.92 Å². The Bertz CT molecular complexity index is 1010. The van der Waals surface area contributed by atoms with Crippen LogP contribution in [0.5, 0.6) is 0 Å². The fraction of sp³-hybridized carbons (Fsp3) is 0.429. The third kappa shape index (κ3) is 3.44. The molecule has 1 aromatic heterocycles. The predicted molar refractivity (Wildman–Crippen MR) is 111 cm³/mol. The molecule has 150 valence electrons. The molecule has 2 atom stereocenters. The van der Waals surface area contributed by atoms with Crippen LogP contribution in [0.2, 0.25) is 0 Å². The third-order valence-electron chi connectivity index (χ3n) is 5.67. The number of benzene rings is 1. The van der Waals surface area contributed by atoms with E-state index in [-0.39, 0.29) is 11.4 Å². The lowest BCUT2D eigenvalue weighted by atomic mass is 9.79. The van der Waals surface area contributed by atoms with Gasteiger partial charge in [0, 0.05) is 38.8 Å². The van der Waals surface area contributed by atoms with Gasteiger partial charge in [0.25, 0.3) is 5.56 Å². The summed E-state index contributed by atoms with van der Waals surface area (Å²) in [5.74, 6) is -1.34. The average Bonchev–Trinajstić information content (AvgIpc) is 2.73. The monoisotopic (exact) mass is 392 g/mol. The highest BCUT2D eigenvalue weighted by Gasteiger charge is 2.40. The van der Waals surface area contributed by atoms with Crippen LogP contribution in [0.25, 0.3) is 0 Å². The second-order valence-electron chi connectivity index (χ2n) is 7.76. The van der Waals surface area contributed by atoms with Crippen molar-refractivity contribution in [2.45, 2.75) is 25.2 Å². The largest absolute Gasteiger partial charge is 0.378 e. The molecule has 1 amide bonds. The molecule has 2 aromatic rings. The van der Waals surface area contributed by atoms with Crippen LogP contribution in [0.15, 0.2) is 29.1 Å². The molecular formula is C21H24N6O2. The molecule has 29 heavy (non-hydrogen) atoms. The number of hydrogen-bond acceptors (Lipinski definition) is 6. The molecule has 0 aliphatic carbocycles. The zero-order valence-corrected chi connectivity index (χ0v) is 16.6. The van der Waals surface area contributed by atoms with Gasteiger partial charge in [-0.2, -0.15) is 10.2 Å². The summed E-state index contributed by atoms with van der Waals surface area (Å²) in [7, 11) is 3.88. The molecule has 8 heteroatoms. The van der Waals surface area contributed by atoms with E-state index >= 15 is 0 Å². The maximum atomic E-state index is 13.1.